The summed E-state index contributed by atoms with van der Waals surface area (Å²) < 4.78 is 12.0. The molecule has 7 nitrogen and oxygen atoms in total. The summed E-state index contributed by atoms with van der Waals surface area (Å²) in [6.45, 7) is 3.36. The Labute approximate surface area is 146 Å². The van der Waals surface area contributed by atoms with Crippen molar-refractivity contribution in [2.75, 3.05) is 0 Å². The third-order valence-electron chi connectivity index (χ3n) is 3.56. The zero-order valence-corrected chi connectivity index (χ0v) is 14.4. The highest BCUT2D eigenvalue weighted by atomic mass is 32.1. The van der Waals surface area contributed by atoms with Gasteiger partial charge in [0.1, 0.15) is 0 Å². The van der Waals surface area contributed by atoms with Gasteiger partial charge >= 0.3 is 5.97 Å². The number of carbonyl (C=O) groups excluding carboxylic acids is 1. The number of carbonyl (C=O) groups is 1. The molecule has 0 radical (unpaired) electrons. The number of aromatic nitrogens is 4. The smallest absolute Gasteiger partial charge is 0.303 e. The predicted molar refractivity (Wildman–Crippen MR) is 92.0 cm³/mol. The summed E-state index contributed by atoms with van der Waals surface area (Å²) in [4.78, 5) is 21.9. The highest BCUT2D eigenvalue weighted by Crippen LogP contribution is 2.26. The number of rotatable bonds is 4. The standard InChI is InChI=1S/C17H14N4O3S/c1-10-7-21-8-14(18-17(21)25-10)12-4-3-5-13(6-12)16-19-15(24-20-16)9-23-11(2)22/h3-8H,9H2,1-2H3. The molecule has 3 aromatic heterocycles. The molecule has 8 heteroatoms. The molecule has 0 fully saturated rings. The van der Waals surface area contributed by atoms with Crippen LogP contribution >= 0.6 is 11.3 Å². The van der Waals surface area contributed by atoms with E-state index >= 15 is 0 Å². The molecule has 0 N–H and O–H groups in total. The molecule has 0 atom stereocenters. The van der Waals surface area contributed by atoms with Gasteiger partial charge in [0.05, 0.1) is 5.69 Å². The summed E-state index contributed by atoms with van der Waals surface area (Å²) >= 11 is 1.65. The lowest BCUT2D eigenvalue weighted by atomic mass is 10.1. The number of thiazole rings is 1. The summed E-state index contributed by atoms with van der Waals surface area (Å²) in [5.74, 6) is 0.311. The second kappa shape index (κ2) is 6.14. The minimum atomic E-state index is -0.392. The van der Waals surface area contributed by atoms with Gasteiger partial charge in [-0.1, -0.05) is 23.4 Å². The van der Waals surface area contributed by atoms with Gasteiger partial charge in [-0.25, -0.2) is 4.98 Å². The molecule has 1 aromatic carbocycles. The number of aryl methyl sites for hydroxylation is 1. The fraction of sp³-hybridized carbons (Fsp3) is 0.176. The van der Waals surface area contributed by atoms with E-state index in [1.807, 2.05) is 34.9 Å². The van der Waals surface area contributed by atoms with Crippen LogP contribution in [0.1, 0.15) is 17.7 Å². The van der Waals surface area contributed by atoms with E-state index in [1.54, 1.807) is 11.3 Å². The van der Waals surface area contributed by atoms with Crippen molar-refractivity contribution in [2.24, 2.45) is 0 Å². The number of nitrogens with zero attached hydrogens (tertiary/aromatic N) is 4. The molecular weight excluding hydrogens is 340 g/mol. The van der Waals surface area contributed by atoms with Crippen LogP contribution in [0.2, 0.25) is 0 Å². The Morgan fingerprint density at radius 1 is 1.28 bits per heavy atom. The summed E-state index contributed by atoms with van der Waals surface area (Å²) in [5.41, 5.74) is 2.66. The van der Waals surface area contributed by atoms with Crippen LogP contribution < -0.4 is 0 Å². The second-order valence-electron chi connectivity index (χ2n) is 5.53. The van der Waals surface area contributed by atoms with Crippen molar-refractivity contribution in [3.05, 3.63) is 47.4 Å². The first-order chi connectivity index (χ1) is 12.1. The van der Waals surface area contributed by atoms with Gasteiger partial charge < -0.3 is 9.26 Å². The molecule has 0 amide bonds. The van der Waals surface area contributed by atoms with E-state index < -0.39 is 5.97 Å². The number of benzene rings is 1. The number of imidazole rings is 1. The molecule has 0 aliphatic carbocycles. The normalized spacial score (nSPS) is 11.1. The first kappa shape index (κ1) is 15.5. The Bertz CT molecular complexity index is 1030. The van der Waals surface area contributed by atoms with Crippen molar-refractivity contribution in [2.45, 2.75) is 20.5 Å². The lowest BCUT2D eigenvalue weighted by Gasteiger charge is -1.99. The SMILES string of the molecule is CC(=O)OCc1nc(-c2cccc(-c3cn4cc(C)sc4n3)c2)no1. The highest BCUT2D eigenvalue weighted by molar-refractivity contribution is 7.17. The van der Waals surface area contributed by atoms with Crippen LogP contribution in [0.25, 0.3) is 27.6 Å². The molecule has 0 unspecified atom stereocenters. The van der Waals surface area contributed by atoms with E-state index in [1.165, 1.54) is 11.8 Å². The third-order valence-corrected chi connectivity index (χ3v) is 4.47. The first-order valence-corrected chi connectivity index (χ1v) is 8.42. The molecule has 0 saturated carbocycles. The first-order valence-electron chi connectivity index (χ1n) is 7.60. The summed E-state index contributed by atoms with van der Waals surface area (Å²) in [6, 6.07) is 7.76. The van der Waals surface area contributed by atoms with Crippen molar-refractivity contribution in [1.82, 2.24) is 19.5 Å². The number of esters is 1. The maximum Gasteiger partial charge on any atom is 0.303 e. The summed E-state index contributed by atoms with van der Waals surface area (Å²) in [7, 11) is 0. The zero-order valence-electron chi connectivity index (χ0n) is 13.6. The van der Waals surface area contributed by atoms with Gasteiger partial charge in [0, 0.05) is 35.3 Å². The fourth-order valence-electron chi connectivity index (χ4n) is 2.46. The second-order valence-corrected chi connectivity index (χ2v) is 6.74. The molecule has 25 heavy (non-hydrogen) atoms. The molecule has 3 heterocycles. The lowest BCUT2D eigenvalue weighted by Crippen LogP contribution is -1.98. The van der Waals surface area contributed by atoms with Gasteiger partial charge in [-0.2, -0.15) is 4.98 Å². The molecule has 4 rings (SSSR count). The molecule has 4 aromatic rings. The van der Waals surface area contributed by atoms with E-state index in [-0.39, 0.29) is 12.5 Å². The minimum Gasteiger partial charge on any atom is -0.456 e. The quantitative estimate of drug-likeness (QED) is 0.522. The van der Waals surface area contributed by atoms with Crippen LogP contribution in [0.4, 0.5) is 0 Å². The predicted octanol–water partition coefficient (Wildman–Crippen LogP) is 3.48. The Morgan fingerprint density at radius 2 is 2.12 bits per heavy atom. The molecule has 126 valence electrons. The van der Waals surface area contributed by atoms with Crippen molar-refractivity contribution in [3.63, 3.8) is 0 Å². The average Bonchev–Trinajstić information content (AvgIpc) is 3.27. The van der Waals surface area contributed by atoms with Crippen molar-refractivity contribution in [3.8, 4) is 22.6 Å². The minimum absolute atomic E-state index is 0.0291. The van der Waals surface area contributed by atoms with E-state index in [0.29, 0.717) is 5.82 Å². The van der Waals surface area contributed by atoms with Gasteiger partial charge in [0.15, 0.2) is 11.6 Å². The molecular formula is C17H14N4O3S. The van der Waals surface area contributed by atoms with E-state index in [9.17, 15) is 4.79 Å². The molecule has 0 saturated heterocycles. The maximum atomic E-state index is 10.8. The van der Waals surface area contributed by atoms with Gasteiger partial charge in [-0.3, -0.25) is 9.20 Å². The van der Waals surface area contributed by atoms with Gasteiger partial charge in [-0.15, -0.1) is 11.3 Å². The number of hydrogen-bond donors (Lipinski definition) is 0. The molecule has 0 spiro atoms. The van der Waals surface area contributed by atoms with Crippen LogP contribution in [-0.4, -0.2) is 25.5 Å². The topological polar surface area (TPSA) is 82.5 Å². The Kier molecular flexibility index (Phi) is 3.81. The number of fused-ring (bicyclic) bond motifs is 1. The van der Waals surface area contributed by atoms with Crippen LogP contribution in [0.3, 0.4) is 0 Å². The van der Waals surface area contributed by atoms with Crippen LogP contribution in [0, 0.1) is 6.92 Å². The number of ether oxygens (including phenoxy) is 1. The Hall–Kier alpha value is -3.00. The summed E-state index contributed by atoms with van der Waals surface area (Å²) in [5, 5.41) is 3.94. The van der Waals surface area contributed by atoms with Crippen LogP contribution in [-0.2, 0) is 16.1 Å². The van der Waals surface area contributed by atoms with Crippen molar-refractivity contribution in [1.29, 1.82) is 0 Å². The van der Waals surface area contributed by atoms with Gasteiger partial charge in [0.2, 0.25) is 5.82 Å². The molecule has 0 bridgehead atoms. The van der Waals surface area contributed by atoms with E-state index in [4.69, 9.17) is 9.26 Å². The van der Waals surface area contributed by atoms with Crippen molar-refractivity contribution >= 4 is 22.3 Å². The molecule has 0 aliphatic heterocycles. The van der Waals surface area contributed by atoms with Crippen molar-refractivity contribution < 1.29 is 14.1 Å². The van der Waals surface area contributed by atoms with Gasteiger partial charge in [0.25, 0.3) is 5.89 Å². The monoisotopic (exact) mass is 354 g/mol. The highest BCUT2D eigenvalue weighted by Gasteiger charge is 2.12. The Balaban J connectivity index is 1.62. The average molecular weight is 354 g/mol. The van der Waals surface area contributed by atoms with E-state index in [0.717, 1.165) is 21.8 Å². The lowest BCUT2D eigenvalue weighted by molar-refractivity contribution is -0.143. The van der Waals surface area contributed by atoms with E-state index in [2.05, 4.69) is 28.2 Å². The zero-order chi connectivity index (χ0) is 17.4. The number of hydrogen-bond acceptors (Lipinski definition) is 7. The third kappa shape index (κ3) is 3.16. The van der Waals surface area contributed by atoms with Crippen LogP contribution in [0.5, 0.6) is 0 Å². The van der Waals surface area contributed by atoms with Gasteiger partial charge in [-0.05, 0) is 13.0 Å². The fourth-order valence-corrected chi connectivity index (χ4v) is 3.27. The maximum absolute atomic E-state index is 10.8. The molecule has 0 aliphatic rings. The summed E-state index contributed by atoms with van der Waals surface area (Å²) in [6.07, 6.45) is 4.06. The Morgan fingerprint density at radius 3 is 2.92 bits per heavy atom. The van der Waals surface area contributed by atoms with Crippen LogP contribution in [0.15, 0.2) is 41.2 Å². The largest absolute Gasteiger partial charge is 0.456 e.